The van der Waals surface area contributed by atoms with Crippen LogP contribution in [0.3, 0.4) is 0 Å². The lowest BCUT2D eigenvalue weighted by Gasteiger charge is -2.10. The zero-order chi connectivity index (χ0) is 14.5. The molecule has 0 spiro atoms. The van der Waals surface area contributed by atoms with Crippen LogP contribution in [0.4, 0.5) is 11.5 Å². The van der Waals surface area contributed by atoms with Gasteiger partial charge in [-0.1, -0.05) is 36.4 Å². The summed E-state index contributed by atoms with van der Waals surface area (Å²) in [7, 11) is 0. The normalized spacial score (nSPS) is 10.5. The standard InChI is InChI=1S/C15H15N5O/c21-15-19-14(10-18-20-15)17-9-8-16-13-7-3-5-11-4-1-2-6-12(11)13/h1-7,10,16H,8-9H2,(H2,17,19,20,21). The molecule has 0 aliphatic carbocycles. The molecule has 3 N–H and O–H groups in total. The number of H-pyrrole nitrogens is 1. The van der Waals surface area contributed by atoms with E-state index >= 15 is 0 Å². The second-order valence-corrected chi connectivity index (χ2v) is 4.55. The molecule has 0 saturated heterocycles. The Balaban J connectivity index is 1.61. The highest BCUT2D eigenvalue weighted by Gasteiger charge is 1.99. The van der Waals surface area contributed by atoms with E-state index in [2.05, 4.69) is 50.1 Å². The number of benzene rings is 2. The molecule has 3 rings (SSSR count). The summed E-state index contributed by atoms with van der Waals surface area (Å²) in [5.74, 6) is 0.471. The number of nitrogens with zero attached hydrogens (tertiary/aromatic N) is 2. The molecule has 0 radical (unpaired) electrons. The van der Waals surface area contributed by atoms with Crippen LogP contribution >= 0.6 is 0 Å². The largest absolute Gasteiger partial charge is 0.383 e. The maximum Gasteiger partial charge on any atom is 0.363 e. The molecule has 1 aromatic heterocycles. The zero-order valence-electron chi connectivity index (χ0n) is 11.3. The Labute approximate surface area is 121 Å². The summed E-state index contributed by atoms with van der Waals surface area (Å²) < 4.78 is 0. The summed E-state index contributed by atoms with van der Waals surface area (Å²) in [4.78, 5) is 14.8. The van der Waals surface area contributed by atoms with Crippen LogP contribution in [0.15, 0.2) is 53.5 Å². The minimum atomic E-state index is -0.456. The van der Waals surface area contributed by atoms with Crippen molar-refractivity contribution in [2.24, 2.45) is 0 Å². The quantitative estimate of drug-likeness (QED) is 0.622. The van der Waals surface area contributed by atoms with E-state index in [0.717, 1.165) is 5.69 Å². The summed E-state index contributed by atoms with van der Waals surface area (Å²) >= 11 is 0. The van der Waals surface area contributed by atoms with Crippen LogP contribution in [0.25, 0.3) is 10.8 Å². The van der Waals surface area contributed by atoms with Crippen LogP contribution < -0.4 is 16.3 Å². The molecule has 6 nitrogen and oxygen atoms in total. The van der Waals surface area contributed by atoms with Gasteiger partial charge in [-0.3, -0.25) is 0 Å². The van der Waals surface area contributed by atoms with Gasteiger partial charge in [0.2, 0.25) is 0 Å². The van der Waals surface area contributed by atoms with Gasteiger partial charge in [0, 0.05) is 24.2 Å². The van der Waals surface area contributed by atoms with Crippen LogP contribution in [0.2, 0.25) is 0 Å². The van der Waals surface area contributed by atoms with Crippen LogP contribution in [-0.2, 0) is 0 Å². The highest BCUT2D eigenvalue weighted by Crippen LogP contribution is 2.22. The minimum Gasteiger partial charge on any atom is -0.383 e. The third-order valence-electron chi connectivity index (χ3n) is 3.11. The molecule has 0 unspecified atom stereocenters. The number of aromatic amines is 1. The molecule has 21 heavy (non-hydrogen) atoms. The fourth-order valence-electron chi connectivity index (χ4n) is 2.16. The molecular formula is C15H15N5O. The van der Waals surface area contributed by atoms with E-state index in [-0.39, 0.29) is 0 Å². The smallest absolute Gasteiger partial charge is 0.363 e. The molecule has 6 heteroatoms. The van der Waals surface area contributed by atoms with E-state index < -0.39 is 5.69 Å². The lowest BCUT2D eigenvalue weighted by Crippen LogP contribution is -2.18. The number of hydrogen-bond donors (Lipinski definition) is 3. The summed E-state index contributed by atoms with van der Waals surface area (Å²) in [6.07, 6.45) is 1.49. The van der Waals surface area contributed by atoms with E-state index in [1.54, 1.807) is 0 Å². The van der Waals surface area contributed by atoms with Gasteiger partial charge in [0.15, 0.2) is 5.82 Å². The van der Waals surface area contributed by atoms with Gasteiger partial charge in [-0.05, 0) is 11.5 Å². The number of fused-ring (bicyclic) bond motifs is 1. The Kier molecular flexibility index (Phi) is 3.77. The number of hydrogen-bond acceptors (Lipinski definition) is 5. The van der Waals surface area contributed by atoms with Crippen molar-refractivity contribution >= 4 is 22.3 Å². The van der Waals surface area contributed by atoms with Crippen LogP contribution in [-0.4, -0.2) is 28.3 Å². The first-order chi connectivity index (χ1) is 10.3. The molecule has 2 aromatic carbocycles. The molecule has 1 heterocycles. The van der Waals surface area contributed by atoms with Crippen molar-refractivity contribution in [3.8, 4) is 0 Å². The summed E-state index contributed by atoms with van der Waals surface area (Å²) in [6, 6.07) is 14.4. The molecular weight excluding hydrogens is 266 g/mol. The number of anilines is 2. The van der Waals surface area contributed by atoms with Gasteiger partial charge in [0.1, 0.15) is 0 Å². The van der Waals surface area contributed by atoms with Crippen molar-refractivity contribution in [2.75, 3.05) is 23.7 Å². The average Bonchev–Trinajstić information content (AvgIpc) is 2.52. The predicted molar refractivity (Wildman–Crippen MR) is 83.6 cm³/mol. The van der Waals surface area contributed by atoms with Crippen LogP contribution in [0, 0.1) is 0 Å². The fraction of sp³-hybridized carbons (Fsp3) is 0.133. The summed E-state index contributed by atoms with van der Waals surface area (Å²) in [5.41, 5.74) is 0.633. The van der Waals surface area contributed by atoms with Gasteiger partial charge in [0.05, 0.1) is 6.20 Å². The number of aromatic nitrogens is 3. The topological polar surface area (TPSA) is 82.7 Å². The summed E-state index contributed by atoms with van der Waals surface area (Å²) in [5, 5.41) is 14.7. The van der Waals surface area contributed by atoms with Gasteiger partial charge in [-0.25, -0.2) is 9.89 Å². The Morgan fingerprint density at radius 3 is 2.71 bits per heavy atom. The SMILES string of the molecule is O=c1nc(NCCNc2cccc3ccccc23)cn[nH]1. The van der Waals surface area contributed by atoms with E-state index in [0.29, 0.717) is 18.9 Å². The van der Waals surface area contributed by atoms with E-state index in [4.69, 9.17) is 0 Å². The van der Waals surface area contributed by atoms with E-state index in [9.17, 15) is 4.79 Å². The summed E-state index contributed by atoms with van der Waals surface area (Å²) in [6.45, 7) is 1.35. The molecule has 3 aromatic rings. The second-order valence-electron chi connectivity index (χ2n) is 4.55. The van der Waals surface area contributed by atoms with Crippen molar-refractivity contribution in [1.29, 1.82) is 0 Å². The molecule has 106 valence electrons. The predicted octanol–water partition coefficient (Wildman–Crippen LogP) is 1.84. The molecule has 0 aliphatic heterocycles. The van der Waals surface area contributed by atoms with Crippen molar-refractivity contribution in [2.45, 2.75) is 0 Å². The third kappa shape index (κ3) is 3.17. The first-order valence-corrected chi connectivity index (χ1v) is 6.70. The molecule has 0 bridgehead atoms. The van der Waals surface area contributed by atoms with Crippen molar-refractivity contribution in [1.82, 2.24) is 15.2 Å². The second kappa shape index (κ2) is 6.04. The Bertz CT molecular complexity index is 794. The highest BCUT2D eigenvalue weighted by atomic mass is 16.1. The molecule has 0 atom stereocenters. The van der Waals surface area contributed by atoms with Crippen molar-refractivity contribution in [3.05, 3.63) is 59.1 Å². The van der Waals surface area contributed by atoms with E-state index in [1.165, 1.54) is 17.0 Å². The third-order valence-corrected chi connectivity index (χ3v) is 3.11. The maximum atomic E-state index is 11.0. The van der Waals surface area contributed by atoms with Crippen molar-refractivity contribution < 1.29 is 0 Å². The molecule has 0 saturated carbocycles. The van der Waals surface area contributed by atoms with E-state index in [1.807, 2.05) is 18.2 Å². The lowest BCUT2D eigenvalue weighted by atomic mass is 10.1. The number of rotatable bonds is 5. The Morgan fingerprint density at radius 2 is 1.81 bits per heavy atom. The van der Waals surface area contributed by atoms with Crippen LogP contribution in [0.5, 0.6) is 0 Å². The minimum absolute atomic E-state index is 0.456. The first kappa shape index (κ1) is 13.1. The Hall–Kier alpha value is -2.89. The average molecular weight is 281 g/mol. The Morgan fingerprint density at radius 1 is 1.00 bits per heavy atom. The first-order valence-electron chi connectivity index (χ1n) is 6.70. The van der Waals surface area contributed by atoms with Gasteiger partial charge in [-0.15, -0.1) is 0 Å². The van der Waals surface area contributed by atoms with Crippen LogP contribution in [0.1, 0.15) is 0 Å². The van der Waals surface area contributed by atoms with Gasteiger partial charge in [0.25, 0.3) is 0 Å². The molecule has 0 aliphatic rings. The van der Waals surface area contributed by atoms with Gasteiger partial charge in [-0.2, -0.15) is 10.1 Å². The molecule has 0 fully saturated rings. The molecule has 0 amide bonds. The number of nitrogens with one attached hydrogen (secondary N) is 3. The van der Waals surface area contributed by atoms with Gasteiger partial charge < -0.3 is 10.6 Å². The van der Waals surface area contributed by atoms with Gasteiger partial charge >= 0.3 is 5.69 Å². The zero-order valence-corrected chi connectivity index (χ0v) is 11.3. The fourth-order valence-corrected chi connectivity index (χ4v) is 2.16. The lowest BCUT2D eigenvalue weighted by molar-refractivity contribution is 0.906. The highest BCUT2D eigenvalue weighted by molar-refractivity contribution is 5.93. The monoisotopic (exact) mass is 281 g/mol. The van der Waals surface area contributed by atoms with Crippen molar-refractivity contribution in [3.63, 3.8) is 0 Å². The maximum absolute atomic E-state index is 11.0.